The summed E-state index contributed by atoms with van der Waals surface area (Å²) in [6, 6.07) is 8.32. The van der Waals surface area contributed by atoms with Gasteiger partial charge in [0.05, 0.1) is 33.1 Å². The number of aliphatic imine (C=N–C) groups is 1. The average Bonchev–Trinajstić information content (AvgIpc) is 2.78. The number of sulfone groups is 1. The standard InChI is InChI=1S/C25H26ClFN4O4S/c1-25(2,3)30-14-16(13-28)31-24(32)10-15-9-19(26)23(12-20(15)27)35-22-7-8-29-21-6-5-17(11-18(21)22)36(4,33)34/h5-9,11-14H,10,28H2,1-4H3,(H,31,32)/b16-13+,30-14?. The number of benzene rings is 2. The molecule has 3 N–H and O–H groups in total. The smallest absolute Gasteiger partial charge is 0.228 e. The molecule has 0 aliphatic carbocycles. The zero-order valence-corrected chi connectivity index (χ0v) is 21.7. The lowest BCUT2D eigenvalue weighted by molar-refractivity contribution is -0.119. The van der Waals surface area contributed by atoms with Crippen LogP contribution in [0.25, 0.3) is 10.9 Å². The predicted molar refractivity (Wildman–Crippen MR) is 139 cm³/mol. The number of rotatable bonds is 7. The fourth-order valence-electron chi connectivity index (χ4n) is 3.08. The fraction of sp³-hybridized carbons (Fsp3) is 0.240. The molecular weight excluding hydrogens is 507 g/mol. The van der Waals surface area contributed by atoms with Crippen LogP contribution in [0.2, 0.25) is 5.02 Å². The van der Waals surface area contributed by atoms with E-state index >= 15 is 0 Å². The average molecular weight is 533 g/mol. The third-order valence-electron chi connectivity index (χ3n) is 4.83. The molecule has 36 heavy (non-hydrogen) atoms. The van der Waals surface area contributed by atoms with Crippen molar-refractivity contribution in [1.82, 2.24) is 10.3 Å². The first-order valence-electron chi connectivity index (χ1n) is 10.8. The molecule has 190 valence electrons. The molecule has 0 saturated heterocycles. The maximum absolute atomic E-state index is 14.9. The second kappa shape index (κ2) is 10.6. The van der Waals surface area contributed by atoms with Gasteiger partial charge in [-0.1, -0.05) is 11.6 Å². The molecule has 8 nitrogen and oxygen atoms in total. The number of hydrogen-bond donors (Lipinski definition) is 2. The Morgan fingerprint density at radius 3 is 2.58 bits per heavy atom. The Kier molecular flexibility index (Phi) is 8.00. The third-order valence-corrected chi connectivity index (χ3v) is 6.23. The van der Waals surface area contributed by atoms with Gasteiger partial charge in [-0.3, -0.25) is 14.8 Å². The van der Waals surface area contributed by atoms with Crippen molar-refractivity contribution < 1.29 is 22.3 Å². The summed E-state index contributed by atoms with van der Waals surface area (Å²) in [5.74, 6) is -0.978. The van der Waals surface area contributed by atoms with Crippen LogP contribution in [0.15, 0.2) is 64.4 Å². The number of carbonyl (C=O) groups is 1. The van der Waals surface area contributed by atoms with Crippen LogP contribution in [0, 0.1) is 5.82 Å². The van der Waals surface area contributed by atoms with Gasteiger partial charge in [0.2, 0.25) is 5.91 Å². The summed E-state index contributed by atoms with van der Waals surface area (Å²) < 4.78 is 44.6. The van der Waals surface area contributed by atoms with E-state index in [1.807, 2.05) is 20.8 Å². The number of pyridine rings is 1. The number of amides is 1. The van der Waals surface area contributed by atoms with E-state index in [2.05, 4.69) is 15.3 Å². The van der Waals surface area contributed by atoms with Crippen LogP contribution in [0.5, 0.6) is 11.5 Å². The van der Waals surface area contributed by atoms with Gasteiger partial charge in [0, 0.05) is 36.3 Å². The van der Waals surface area contributed by atoms with Crippen LogP contribution >= 0.6 is 11.6 Å². The SMILES string of the molecule is CC(C)(C)N=C/C(=C\N)NC(=O)Cc1cc(Cl)c(Oc2ccnc3ccc(S(C)(=O)=O)cc23)cc1F. The van der Waals surface area contributed by atoms with Crippen molar-refractivity contribution >= 4 is 44.5 Å². The van der Waals surface area contributed by atoms with E-state index in [0.717, 1.165) is 12.3 Å². The van der Waals surface area contributed by atoms with Crippen molar-refractivity contribution in [3.63, 3.8) is 0 Å². The molecule has 0 radical (unpaired) electrons. The summed E-state index contributed by atoms with van der Waals surface area (Å²) in [7, 11) is -3.47. The Balaban J connectivity index is 1.83. The minimum Gasteiger partial charge on any atom is -0.455 e. The molecule has 11 heteroatoms. The molecule has 1 heterocycles. The maximum atomic E-state index is 14.9. The van der Waals surface area contributed by atoms with Gasteiger partial charge in [-0.15, -0.1) is 0 Å². The summed E-state index contributed by atoms with van der Waals surface area (Å²) in [6.45, 7) is 5.67. The number of allylic oxidation sites excluding steroid dienone is 1. The molecule has 2 aromatic carbocycles. The molecule has 0 unspecified atom stereocenters. The van der Waals surface area contributed by atoms with E-state index in [-0.39, 0.29) is 44.6 Å². The zero-order chi connectivity index (χ0) is 26.7. The van der Waals surface area contributed by atoms with Gasteiger partial charge in [-0.25, -0.2) is 12.8 Å². The number of nitrogens with two attached hydrogens (primary N) is 1. The van der Waals surface area contributed by atoms with Crippen LogP contribution < -0.4 is 15.8 Å². The minimum absolute atomic E-state index is 0.00422. The number of halogens is 2. The van der Waals surface area contributed by atoms with Crippen LogP contribution in [0.1, 0.15) is 26.3 Å². The lowest BCUT2D eigenvalue weighted by Crippen LogP contribution is -2.27. The normalized spacial score (nSPS) is 12.8. The number of fused-ring (bicyclic) bond motifs is 1. The molecule has 3 aromatic rings. The molecule has 0 fully saturated rings. The van der Waals surface area contributed by atoms with Gasteiger partial charge in [0.25, 0.3) is 0 Å². The lowest BCUT2D eigenvalue weighted by Gasteiger charge is -2.13. The summed E-state index contributed by atoms with van der Waals surface area (Å²) in [5, 5.41) is 3.05. The number of nitrogens with zero attached hydrogens (tertiary/aromatic N) is 2. The van der Waals surface area contributed by atoms with Gasteiger partial charge >= 0.3 is 0 Å². The molecular formula is C25H26ClFN4O4S. The van der Waals surface area contributed by atoms with Crippen molar-refractivity contribution in [2.24, 2.45) is 10.7 Å². The predicted octanol–water partition coefficient (Wildman–Crippen LogP) is 4.55. The summed E-state index contributed by atoms with van der Waals surface area (Å²) in [5.41, 5.74) is 6.00. The third kappa shape index (κ3) is 7.02. The number of aromatic nitrogens is 1. The van der Waals surface area contributed by atoms with Crippen molar-refractivity contribution in [1.29, 1.82) is 0 Å². The molecule has 0 bridgehead atoms. The largest absolute Gasteiger partial charge is 0.455 e. The molecule has 0 aliphatic rings. The summed E-state index contributed by atoms with van der Waals surface area (Å²) in [4.78, 5) is 21.0. The Morgan fingerprint density at radius 2 is 1.94 bits per heavy atom. The maximum Gasteiger partial charge on any atom is 0.228 e. The highest BCUT2D eigenvalue weighted by Gasteiger charge is 2.17. The van der Waals surface area contributed by atoms with E-state index in [1.165, 1.54) is 42.9 Å². The van der Waals surface area contributed by atoms with E-state index in [1.54, 1.807) is 6.07 Å². The van der Waals surface area contributed by atoms with Gasteiger partial charge in [0.1, 0.15) is 17.3 Å². The van der Waals surface area contributed by atoms with E-state index in [9.17, 15) is 17.6 Å². The number of carbonyl (C=O) groups excluding carboxylic acids is 1. The van der Waals surface area contributed by atoms with Gasteiger partial charge < -0.3 is 15.8 Å². The van der Waals surface area contributed by atoms with Gasteiger partial charge in [-0.2, -0.15) is 0 Å². The first-order valence-corrected chi connectivity index (χ1v) is 13.1. The zero-order valence-electron chi connectivity index (χ0n) is 20.2. The second-order valence-corrected chi connectivity index (χ2v) is 11.4. The van der Waals surface area contributed by atoms with Crippen LogP contribution in [-0.2, 0) is 21.1 Å². The Labute approximate surface area is 214 Å². The molecule has 0 saturated carbocycles. The highest BCUT2D eigenvalue weighted by atomic mass is 35.5. The Morgan fingerprint density at radius 1 is 1.22 bits per heavy atom. The quantitative estimate of drug-likeness (QED) is 0.430. The number of nitrogens with one attached hydrogen (secondary N) is 1. The number of hydrogen-bond acceptors (Lipinski definition) is 7. The highest BCUT2D eigenvalue weighted by Crippen LogP contribution is 2.35. The fourth-order valence-corrected chi connectivity index (χ4v) is 3.95. The minimum atomic E-state index is -3.47. The van der Waals surface area contributed by atoms with E-state index in [0.29, 0.717) is 10.9 Å². The van der Waals surface area contributed by atoms with E-state index in [4.69, 9.17) is 22.1 Å². The molecule has 1 amide bonds. The highest BCUT2D eigenvalue weighted by molar-refractivity contribution is 7.90. The lowest BCUT2D eigenvalue weighted by atomic mass is 10.1. The molecule has 1 aromatic heterocycles. The second-order valence-electron chi connectivity index (χ2n) is 9.01. The molecule has 0 aliphatic heterocycles. The number of ether oxygens (including phenoxy) is 1. The van der Waals surface area contributed by atoms with Crippen molar-refractivity contribution in [2.45, 2.75) is 37.6 Å². The Hall–Kier alpha value is -3.50. The van der Waals surface area contributed by atoms with Crippen molar-refractivity contribution in [3.8, 4) is 11.5 Å². The van der Waals surface area contributed by atoms with Crippen LogP contribution in [0.4, 0.5) is 4.39 Å². The van der Waals surface area contributed by atoms with Crippen LogP contribution in [0.3, 0.4) is 0 Å². The van der Waals surface area contributed by atoms with Gasteiger partial charge in [0.15, 0.2) is 9.84 Å². The summed E-state index contributed by atoms with van der Waals surface area (Å²) >= 11 is 6.34. The molecule has 3 rings (SSSR count). The first kappa shape index (κ1) is 27.1. The first-order chi connectivity index (χ1) is 16.8. The Bertz CT molecular complexity index is 1480. The molecule has 0 spiro atoms. The van der Waals surface area contributed by atoms with E-state index < -0.39 is 21.6 Å². The van der Waals surface area contributed by atoms with Crippen molar-refractivity contribution in [3.05, 3.63) is 70.9 Å². The molecule has 0 atom stereocenters. The topological polar surface area (TPSA) is 124 Å². The van der Waals surface area contributed by atoms with Crippen molar-refractivity contribution in [2.75, 3.05) is 6.26 Å². The van der Waals surface area contributed by atoms with Gasteiger partial charge in [-0.05, 0) is 56.7 Å². The summed E-state index contributed by atoms with van der Waals surface area (Å²) in [6.07, 6.45) is 4.90. The van der Waals surface area contributed by atoms with Crippen LogP contribution in [-0.4, -0.2) is 37.3 Å². The monoisotopic (exact) mass is 532 g/mol.